The normalized spacial score (nSPS) is 10.7. The highest BCUT2D eigenvalue weighted by Crippen LogP contribution is 2.20. The van der Waals surface area contributed by atoms with Gasteiger partial charge in [0.05, 0.1) is 5.69 Å². The van der Waals surface area contributed by atoms with E-state index in [0.717, 1.165) is 11.4 Å². The van der Waals surface area contributed by atoms with Crippen LogP contribution in [0.1, 0.15) is 11.5 Å². The van der Waals surface area contributed by atoms with Crippen LogP contribution in [0, 0.1) is 0 Å². The van der Waals surface area contributed by atoms with Crippen molar-refractivity contribution in [1.82, 2.24) is 19.9 Å². The number of thioether (sulfide) groups is 1. The van der Waals surface area contributed by atoms with Gasteiger partial charge >= 0.3 is 0 Å². The number of para-hydroxylation sites is 1. The molecule has 0 aliphatic heterocycles. The molecule has 118 valence electrons. The average molecular weight is 348 g/mol. The summed E-state index contributed by atoms with van der Waals surface area (Å²) >= 11 is 7.31. The number of halogens is 1. The number of nitrogens with two attached hydrogens (primary N) is 1. The molecule has 6 nitrogen and oxygen atoms in total. The van der Waals surface area contributed by atoms with Crippen LogP contribution in [0.5, 0.6) is 5.75 Å². The number of hydrogen-bond acceptors (Lipinski definition) is 6. The van der Waals surface area contributed by atoms with Gasteiger partial charge in [-0.05, 0) is 24.3 Å². The first-order valence-electron chi connectivity index (χ1n) is 6.84. The van der Waals surface area contributed by atoms with Crippen LogP contribution < -0.4 is 10.6 Å². The van der Waals surface area contributed by atoms with Gasteiger partial charge in [0.25, 0.3) is 0 Å². The van der Waals surface area contributed by atoms with Crippen molar-refractivity contribution in [3.8, 4) is 5.75 Å². The van der Waals surface area contributed by atoms with Gasteiger partial charge in [-0.15, -0.1) is 10.2 Å². The van der Waals surface area contributed by atoms with Crippen molar-refractivity contribution in [3.05, 3.63) is 65.2 Å². The molecule has 0 unspecified atom stereocenters. The third-order valence-electron chi connectivity index (χ3n) is 2.97. The molecule has 0 saturated carbocycles. The van der Waals surface area contributed by atoms with Crippen molar-refractivity contribution < 1.29 is 4.74 Å². The van der Waals surface area contributed by atoms with Crippen molar-refractivity contribution in [2.45, 2.75) is 17.5 Å². The Labute approximate surface area is 142 Å². The summed E-state index contributed by atoms with van der Waals surface area (Å²) in [5.41, 5.74) is 0.854. The van der Waals surface area contributed by atoms with Crippen molar-refractivity contribution in [3.63, 3.8) is 0 Å². The summed E-state index contributed by atoms with van der Waals surface area (Å²) < 4.78 is 7.05. The molecular weight excluding hydrogens is 334 g/mol. The molecule has 2 heterocycles. The summed E-state index contributed by atoms with van der Waals surface area (Å²) in [7, 11) is 0. The van der Waals surface area contributed by atoms with Gasteiger partial charge in [0.2, 0.25) is 5.16 Å². The lowest BCUT2D eigenvalue weighted by Gasteiger charge is -2.06. The molecule has 0 fully saturated rings. The fourth-order valence-electron chi connectivity index (χ4n) is 1.84. The van der Waals surface area contributed by atoms with Gasteiger partial charge in [0, 0.05) is 5.75 Å². The zero-order chi connectivity index (χ0) is 16.1. The number of rotatable bonds is 6. The second-order valence-corrected chi connectivity index (χ2v) is 5.94. The lowest BCUT2D eigenvalue weighted by atomic mass is 10.3. The van der Waals surface area contributed by atoms with E-state index in [1.165, 1.54) is 16.4 Å². The van der Waals surface area contributed by atoms with Gasteiger partial charge in [0.15, 0.2) is 5.82 Å². The van der Waals surface area contributed by atoms with Crippen LogP contribution in [-0.2, 0) is 12.4 Å². The van der Waals surface area contributed by atoms with Crippen LogP contribution >= 0.6 is 23.4 Å². The maximum Gasteiger partial charge on any atom is 0.210 e. The van der Waals surface area contributed by atoms with E-state index in [-0.39, 0.29) is 6.61 Å². The van der Waals surface area contributed by atoms with E-state index < -0.39 is 0 Å². The van der Waals surface area contributed by atoms with Crippen molar-refractivity contribution in [1.29, 1.82) is 0 Å². The van der Waals surface area contributed by atoms with Crippen LogP contribution in [-0.4, -0.2) is 19.9 Å². The van der Waals surface area contributed by atoms with E-state index in [1.54, 1.807) is 6.07 Å². The number of nitrogen functional groups attached to an aromatic ring is 1. The van der Waals surface area contributed by atoms with Gasteiger partial charge < -0.3 is 10.6 Å². The van der Waals surface area contributed by atoms with Crippen molar-refractivity contribution in [2.24, 2.45) is 0 Å². The van der Waals surface area contributed by atoms with Crippen LogP contribution in [0.4, 0.5) is 0 Å². The molecule has 0 atom stereocenters. The summed E-state index contributed by atoms with van der Waals surface area (Å²) in [5.74, 6) is 7.92. The summed E-state index contributed by atoms with van der Waals surface area (Å²) in [6.07, 6.45) is 0. The maximum absolute atomic E-state index is 6.01. The Hall–Kier alpha value is -2.25. The number of ether oxygens (including phenoxy) is 1. The smallest absolute Gasteiger partial charge is 0.210 e. The third-order valence-corrected chi connectivity index (χ3v) is 4.16. The average Bonchev–Trinajstić information content (AvgIpc) is 2.92. The zero-order valence-corrected chi connectivity index (χ0v) is 13.7. The standard InChI is InChI=1S/C15H14ClN5OS/c16-13-8-4-5-11(18-13)10-23-15-20-19-14(21(15)17)9-22-12-6-2-1-3-7-12/h1-8H,9-10,17H2. The second kappa shape index (κ2) is 7.34. The molecular formula is C15H14ClN5OS. The molecule has 1 aromatic carbocycles. The minimum absolute atomic E-state index is 0.253. The first-order valence-corrected chi connectivity index (χ1v) is 8.20. The highest BCUT2D eigenvalue weighted by Gasteiger charge is 2.11. The molecule has 0 saturated heterocycles. The first kappa shape index (κ1) is 15.6. The van der Waals surface area contributed by atoms with Gasteiger partial charge in [-0.25, -0.2) is 9.66 Å². The van der Waals surface area contributed by atoms with Gasteiger partial charge in [-0.3, -0.25) is 0 Å². The first-order chi connectivity index (χ1) is 11.2. The molecule has 3 aromatic rings. The van der Waals surface area contributed by atoms with Crippen LogP contribution in [0.2, 0.25) is 5.15 Å². The lowest BCUT2D eigenvalue weighted by Crippen LogP contribution is -2.15. The molecule has 3 rings (SSSR count). The molecule has 0 bridgehead atoms. The topological polar surface area (TPSA) is 78.9 Å². The molecule has 2 aromatic heterocycles. The SMILES string of the molecule is Nn1c(COc2ccccc2)nnc1SCc1cccc(Cl)n1. The summed E-state index contributed by atoms with van der Waals surface area (Å²) in [6, 6.07) is 15.0. The largest absolute Gasteiger partial charge is 0.486 e. The number of hydrogen-bond donors (Lipinski definition) is 1. The van der Waals surface area contributed by atoms with E-state index in [2.05, 4.69) is 15.2 Å². The number of nitrogens with zero attached hydrogens (tertiary/aromatic N) is 4. The fourth-order valence-corrected chi connectivity index (χ4v) is 2.80. The monoisotopic (exact) mass is 347 g/mol. The van der Waals surface area contributed by atoms with Crippen LogP contribution in [0.25, 0.3) is 0 Å². The Morgan fingerprint density at radius 2 is 1.91 bits per heavy atom. The minimum atomic E-state index is 0.253. The summed E-state index contributed by atoms with van der Waals surface area (Å²) in [4.78, 5) is 4.22. The highest BCUT2D eigenvalue weighted by molar-refractivity contribution is 7.98. The predicted molar refractivity (Wildman–Crippen MR) is 89.8 cm³/mol. The van der Waals surface area contributed by atoms with E-state index in [9.17, 15) is 0 Å². The quantitative estimate of drug-likeness (QED) is 0.419. The zero-order valence-electron chi connectivity index (χ0n) is 12.1. The fraction of sp³-hybridized carbons (Fsp3) is 0.133. The van der Waals surface area contributed by atoms with E-state index in [0.29, 0.717) is 21.9 Å². The predicted octanol–water partition coefficient (Wildman–Crippen LogP) is 2.91. The Balaban J connectivity index is 1.60. The Morgan fingerprint density at radius 3 is 2.70 bits per heavy atom. The minimum Gasteiger partial charge on any atom is -0.486 e. The summed E-state index contributed by atoms with van der Waals surface area (Å²) in [5, 5.41) is 9.19. The molecule has 0 radical (unpaired) electrons. The van der Waals surface area contributed by atoms with Crippen molar-refractivity contribution in [2.75, 3.05) is 5.84 Å². The van der Waals surface area contributed by atoms with E-state index in [1.807, 2.05) is 42.5 Å². The molecule has 0 amide bonds. The third kappa shape index (κ3) is 4.14. The van der Waals surface area contributed by atoms with E-state index >= 15 is 0 Å². The Bertz CT molecular complexity index is 781. The lowest BCUT2D eigenvalue weighted by molar-refractivity contribution is 0.291. The summed E-state index contributed by atoms with van der Waals surface area (Å²) in [6.45, 7) is 0.253. The molecule has 23 heavy (non-hydrogen) atoms. The van der Waals surface area contributed by atoms with Crippen LogP contribution in [0.3, 0.4) is 0 Å². The van der Waals surface area contributed by atoms with Crippen molar-refractivity contribution >= 4 is 23.4 Å². The molecule has 0 aliphatic carbocycles. The van der Waals surface area contributed by atoms with Crippen LogP contribution in [0.15, 0.2) is 53.7 Å². The molecule has 0 spiro atoms. The van der Waals surface area contributed by atoms with Gasteiger partial charge in [0.1, 0.15) is 17.5 Å². The molecule has 8 heteroatoms. The highest BCUT2D eigenvalue weighted by atomic mass is 35.5. The second-order valence-electron chi connectivity index (χ2n) is 4.61. The maximum atomic E-state index is 6.01. The van der Waals surface area contributed by atoms with Gasteiger partial charge in [-0.1, -0.05) is 47.6 Å². The molecule has 0 aliphatic rings. The number of aromatic nitrogens is 4. The molecule has 2 N–H and O–H groups in total. The Morgan fingerprint density at radius 1 is 1.09 bits per heavy atom. The number of pyridine rings is 1. The van der Waals surface area contributed by atoms with E-state index in [4.69, 9.17) is 22.2 Å². The Kier molecular flexibility index (Phi) is 4.99. The van der Waals surface area contributed by atoms with Gasteiger partial charge in [-0.2, -0.15) is 0 Å². The number of benzene rings is 1.